The Kier molecular flexibility index (Phi) is 5.79. The van der Waals surface area contributed by atoms with Gasteiger partial charge in [0.25, 0.3) is 0 Å². The Balaban J connectivity index is 2.28. The van der Waals surface area contributed by atoms with Gasteiger partial charge >= 0.3 is 0 Å². The average molecular weight is 295 g/mol. The summed E-state index contributed by atoms with van der Waals surface area (Å²) in [5.41, 5.74) is 2.26. The SMILES string of the molecule is C=CCC[C@H](c1ccccc1O)N(C)[C@H](C)c1ccccc1. The standard InChI is InChI=1S/C20H25NO/c1-4-5-14-19(18-13-9-10-15-20(18)22)21(3)16(2)17-11-7-6-8-12-17/h4,6-13,15-16,19,22H,1,5,14H2,2-3H3/t16-,19-/m1/s1. The fourth-order valence-electron chi connectivity index (χ4n) is 2.86. The fourth-order valence-corrected chi connectivity index (χ4v) is 2.86. The Morgan fingerprint density at radius 3 is 2.36 bits per heavy atom. The van der Waals surface area contributed by atoms with Gasteiger partial charge in [0.2, 0.25) is 0 Å². The number of nitrogens with zero attached hydrogens (tertiary/aromatic N) is 1. The monoisotopic (exact) mass is 295 g/mol. The highest BCUT2D eigenvalue weighted by molar-refractivity contribution is 5.35. The fraction of sp³-hybridized carbons (Fsp3) is 0.300. The van der Waals surface area contributed by atoms with Gasteiger partial charge in [-0.25, -0.2) is 0 Å². The Morgan fingerprint density at radius 2 is 1.73 bits per heavy atom. The lowest BCUT2D eigenvalue weighted by Crippen LogP contribution is -2.27. The van der Waals surface area contributed by atoms with Gasteiger partial charge in [-0.2, -0.15) is 0 Å². The van der Waals surface area contributed by atoms with Crippen molar-refractivity contribution >= 4 is 0 Å². The molecule has 2 heteroatoms. The molecule has 1 N–H and O–H groups in total. The lowest BCUT2D eigenvalue weighted by atomic mass is 9.96. The molecule has 0 saturated carbocycles. The summed E-state index contributed by atoms with van der Waals surface area (Å²) in [4.78, 5) is 2.33. The Morgan fingerprint density at radius 1 is 1.09 bits per heavy atom. The number of phenolic OH excluding ortho intramolecular Hbond substituents is 1. The molecule has 116 valence electrons. The normalized spacial score (nSPS) is 13.8. The maximum Gasteiger partial charge on any atom is 0.120 e. The van der Waals surface area contributed by atoms with E-state index >= 15 is 0 Å². The van der Waals surface area contributed by atoms with E-state index in [2.05, 4.69) is 49.7 Å². The summed E-state index contributed by atoms with van der Waals surface area (Å²) >= 11 is 0. The first-order chi connectivity index (χ1) is 10.6. The smallest absolute Gasteiger partial charge is 0.120 e. The molecule has 22 heavy (non-hydrogen) atoms. The molecule has 2 rings (SSSR count). The van der Waals surface area contributed by atoms with Crippen LogP contribution in [0.3, 0.4) is 0 Å². The molecule has 2 atom stereocenters. The van der Waals surface area contributed by atoms with Crippen LogP contribution in [0, 0.1) is 0 Å². The molecule has 0 aliphatic carbocycles. The number of allylic oxidation sites excluding steroid dienone is 1. The Hall–Kier alpha value is -2.06. The first-order valence-electron chi connectivity index (χ1n) is 7.80. The number of phenols is 1. The molecule has 0 radical (unpaired) electrons. The summed E-state index contributed by atoms with van der Waals surface area (Å²) in [5.74, 6) is 0.365. The number of aromatic hydroxyl groups is 1. The van der Waals surface area contributed by atoms with E-state index in [9.17, 15) is 5.11 Å². The van der Waals surface area contributed by atoms with Crippen molar-refractivity contribution in [2.45, 2.75) is 31.8 Å². The maximum absolute atomic E-state index is 10.2. The second-order valence-electron chi connectivity index (χ2n) is 5.69. The molecule has 0 bridgehead atoms. The van der Waals surface area contributed by atoms with Gasteiger partial charge in [-0.15, -0.1) is 6.58 Å². The van der Waals surface area contributed by atoms with Crippen LogP contribution >= 0.6 is 0 Å². The summed E-state index contributed by atoms with van der Waals surface area (Å²) in [6.07, 6.45) is 3.80. The van der Waals surface area contributed by atoms with E-state index in [0.717, 1.165) is 18.4 Å². The molecular weight excluding hydrogens is 270 g/mol. The van der Waals surface area contributed by atoms with Crippen LogP contribution in [0.1, 0.15) is 43.0 Å². The van der Waals surface area contributed by atoms with E-state index in [4.69, 9.17) is 0 Å². The largest absolute Gasteiger partial charge is 0.508 e. The number of hydrogen-bond acceptors (Lipinski definition) is 2. The molecular formula is C20H25NO. The number of hydrogen-bond donors (Lipinski definition) is 1. The average Bonchev–Trinajstić information content (AvgIpc) is 2.56. The minimum atomic E-state index is 0.161. The van der Waals surface area contributed by atoms with E-state index in [1.54, 1.807) is 6.07 Å². The predicted octanol–water partition coefficient (Wildman–Crippen LogP) is 5.09. The van der Waals surface area contributed by atoms with Crippen LogP contribution < -0.4 is 0 Å². The van der Waals surface area contributed by atoms with E-state index in [1.807, 2.05) is 30.3 Å². The van der Waals surface area contributed by atoms with Gasteiger partial charge in [0.05, 0.1) is 0 Å². The Labute approximate surface area is 133 Å². The third-order valence-corrected chi connectivity index (χ3v) is 4.32. The van der Waals surface area contributed by atoms with Crippen LogP contribution in [0.5, 0.6) is 5.75 Å². The van der Waals surface area contributed by atoms with Crippen molar-refractivity contribution in [1.82, 2.24) is 4.90 Å². The van der Waals surface area contributed by atoms with E-state index in [-0.39, 0.29) is 12.1 Å². The second-order valence-corrected chi connectivity index (χ2v) is 5.69. The molecule has 0 amide bonds. The highest BCUT2D eigenvalue weighted by Gasteiger charge is 2.23. The highest BCUT2D eigenvalue weighted by atomic mass is 16.3. The minimum absolute atomic E-state index is 0.161. The molecule has 0 aromatic heterocycles. The molecule has 0 heterocycles. The summed E-state index contributed by atoms with van der Waals surface area (Å²) < 4.78 is 0. The van der Waals surface area contributed by atoms with Crippen LogP contribution in [0.4, 0.5) is 0 Å². The zero-order valence-electron chi connectivity index (χ0n) is 13.4. The van der Waals surface area contributed by atoms with Crippen LogP contribution in [-0.4, -0.2) is 17.1 Å². The summed E-state index contributed by atoms with van der Waals surface area (Å²) in [6.45, 7) is 6.03. The molecule has 0 fully saturated rings. The van der Waals surface area contributed by atoms with Crippen molar-refractivity contribution in [2.75, 3.05) is 7.05 Å². The quantitative estimate of drug-likeness (QED) is 0.719. The molecule has 2 aromatic carbocycles. The van der Waals surface area contributed by atoms with Gasteiger partial charge in [-0.05, 0) is 38.4 Å². The van der Waals surface area contributed by atoms with E-state index < -0.39 is 0 Å². The lowest BCUT2D eigenvalue weighted by Gasteiger charge is -2.34. The van der Waals surface area contributed by atoms with Crippen molar-refractivity contribution in [2.24, 2.45) is 0 Å². The van der Waals surface area contributed by atoms with Gasteiger partial charge in [0, 0.05) is 17.6 Å². The molecule has 0 spiro atoms. The zero-order chi connectivity index (χ0) is 15.9. The third kappa shape index (κ3) is 3.77. The summed E-state index contributed by atoms with van der Waals surface area (Å²) in [5, 5.41) is 10.2. The topological polar surface area (TPSA) is 23.5 Å². The molecule has 0 aliphatic heterocycles. The maximum atomic E-state index is 10.2. The van der Waals surface area contributed by atoms with Crippen molar-refractivity contribution < 1.29 is 5.11 Å². The van der Waals surface area contributed by atoms with Crippen LogP contribution in [-0.2, 0) is 0 Å². The Bertz CT molecular complexity index is 594. The molecule has 2 aromatic rings. The van der Waals surface area contributed by atoms with E-state index in [0.29, 0.717) is 5.75 Å². The number of para-hydroxylation sites is 1. The lowest BCUT2D eigenvalue weighted by molar-refractivity contribution is 0.174. The summed E-state index contributed by atoms with van der Waals surface area (Å²) in [7, 11) is 2.12. The predicted molar refractivity (Wildman–Crippen MR) is 92.9 cm³/mol. The zero-order valence-corrected chi connectivity index (χ0v) is 13.4. The summed E-state index contributed by atoms with van der Waals surface area (Å²) in [6, 6.07) is 18.5. The second kappa shape index (κ2) is 7.81. The highest BCUT2D eigenvalue weighted by Crippen LogP contribution is 2.36. The molecule has 2 nitrogen and oxygen atoms in total. The van der Waals surface area contributed by atoms with Crippen molar-refractivity contribution in [1.29, 1.82) is 0 Å². The van der Waals surface area contributed by atoms with Gasteiger partial charge in [-0.3, -0.25) is 4.90 Å². The number of rotatable bonds is 7. The first-order valence-corrected chi connectivity index (χ1v) is 7.80. The van der Waals surface area contributed by atoms with Crippen molar-refractivity contribution in [3.05, 3.63) is 78.4 Å². The van der Waals surface area contributed by atoms with Crippen LogP contribution in [0.2, 0.25) is 0 Å². The van der Waals surface area contributed by atoms with Gasteiger partial charge in [-0.1, -0.05) is 54.6 Å². The van der Waals surface area contributed by atoms with Gasteiger partial charge in [0.15, 0.2) is 0 Å². The third-order valence-electron chi connectivity index (χ3n) is 4.32. The van der Waals surface area contributed by atoms with Crippen LogP contribution in [0.15, 0.2) is 67.3 Å². The molecule has 0 aliphatic rings. The van der Waals surface area contributed by atoms with Crippen molar-refractivity contribution in [3.63, 3.8) is 0 Å². The van der Waals surface area contributed by atoms with Crippen LogP contribution in [0.25, 0.3) is 0 Å². The molecule has 0 unspecified atom stereocenters. The first kappa shape index (κ1) is 16.3. The number of benzene rings is 2. The van der Waals surface area contributed by atoms with Gasteiger partial charge < -0.3 is 5.11 Å². The minimum Gasteiger partial charge on any atom is -0.508 e. The van der Waals surface area contributed by atoms with E-state index in [1.165, 1.54) is 5.56 Å². The van der Waals surface area contributed by atoms with Gasteiger partial charge in [0.1, 0.15) is 5.75 Å². The van der Waals surface area contributed by atoms with Crippen molar-refractivity contribution in [3.8, 4) is 5.75 Å². The molecule has 0 saturated heterocycles.